The number of pyridine rings is 1. The van der Waals surface area contributed by atoms with Crippen molar-refractivity contribution >= 4 is 29.1 Å². The number of amides is 1. The summed E-state index contributed by atoms with van der Waals surface area (Å²) in [6.45, 7) is 0.168. The number of aromatic nitrogens is 1. The zero-order chi connectivity index (χ0) is 18.4. The summed E-state index contributed by atoms with van der Waals surface area (Å²) < 4.78 is 15.9. The highest BCUT2D eigenvalue weighted by Crippen LogP contribution is 2.34. The van der Waals surface area contributed by atoms with E-state index in [0.717, 1.165) is 0 Å². The number of halogens is 2. The molecule has 0 saturated heterocycles. The fraction of sp³-hybridized carbons (Fsp3) is 0.294. The molecular formula is C17H18Cl2N2O4. The largest absolute Gasteiger partial charge is 0.496 e. The quantitative estimate of drug-likeness (QED) is 0.741. The van der Waals surface area contributed by atoms with E-state index < -0.39 is 11.3 Å². The molecule has 1 aromatic carbocycles. The van der Waals surface area contributed by atoms with E-state index in [-0.39, 0.29) is 6.54 Å². The summed E-state index contributed by atoms with van der Waals surface area (Å²) in [5, 5.41) is 2.15. The van der Waals surface area contributed by atoms with E-state index in [4.69, 9.17) is 37.4 Å². The lowest BCUT2D eigenvalue weighted by Gasteiger charge is -2.17. The van der Waals surface area contributed by atoms with Crippen molar-refractivity contribution in [3.63, 3.8) is 0 Å². The number of nitrogens with zero attached hydrogens (tertiary/aromatic N) is 1. The minimum atomic E-state index is -0.939. The predicted molar refractivity (Wildman–Crippen MR) is 95.8 cm³/mol. The molecule has 1 heterocycles. The molecule has 0 aliphatic heterocycles. The fourth-order valence-electron chi connectivity index (χ4n) is 2.25. The highest BCUT2D eigenvalue weighted by molar-refractivity contribution is 6.35. The molecule has 0 fully saturated rings. The van der Waals surface area contributed by atoms with Crippen LogP contribution >= 0.6 is 23.2 Å². The Morgan fingerprint density at radius 2 is 1.84 bits per heavy atom. The number of nitrogens with one attached hydrogen (secondary N) is 1. The smallest absolute Gasteiger partial charge is 0.242 e. The van der Waals surface area contributed by atoms with Crippen molar-refractivity contribution in [3.8, 4) is 17.2 Å². The van der Waals surface area contributed by atoms with E-state index in [1.54, 1.807) is 25.3 Å². The minimum Gasteiger partial charge on any atom is -0.496 e. The van der Waals surface area contributed by atoms with Crippen LogP contribution in [0.4, 0.5) is 0 Å². The van der Waals surface area contributed by atoms with E-state index in [0.29, 0.717) is 33.4 Å². The second-order valence-electron chi connectivity index (χ2n) is 4.99. The number of rotatable bonds is 7. The molecule has 1 N–H and O–H groups in total. The summed E-state index contributed by atoms with van der Waals surface area (Å²) in [5.74, 6) is 1.26. The molecule has 1 atom stereocenters. The first-order valence-corrected chi connectivity index (χ1v) is 8.13. The Bertz CT molecular complexity index is 730. The number of carbonyl (C=O) groups excluding carboxylic acids is 1. The number of benzene rings is 1. The summed E-state index contributed by atoms with van der Waals surface area (Å²) in [7, 11) is 4.60. The van der Waals surface area contributed by atoms with Gasteiger partial charge in [-0.1, -0.05) is 11.6 Å². The van der Waals surface area contributed by atoms with E-state index >= 15 is 0 Å². The van der Waals surface area contributed by atoms with Gasteiger partial charge in [-0.15, -0.1) is 11.6 Å². The molecule has 134 valence electrons. The van der Waals surface area contributed by atoms with E-state index in [1.807, 2.05) is 0 Å². The zero-order valence-electron chi connectivity index (χ0n) is 14.0. The van der Waals surface area contributed by atoms with Gasteiger partial charge in [-0.05, 0) is 6.07 Å². The van der Waals surface area contributed by atoms with Gasteiger partial charge in [-0.3, -0.25) is 9.78 Å². The Labute approximate surface area is 156 Å². The summed E-state index contributed by atoms with van der Waals surface area (Å²) in [5.41, 5.74) is 1.16. The van der Waals surface area contributed by atoms with Crippen molar-refractivity contribution in [2.75, 3.05) is 21.3 Å². The van der Waals surface area contributed by atoms with Crippen molar-refractivity contribution < 1.29 is 19.0 Å². The van der Waals surface area contributed by atoms with Gasteiger partial charge < -0.3 is 19.5 Å². The normalized spacial score (nSPS) is 11.6. The Hall–Kier alpha value is -2.18. The lowest BCUT2D eigenvalue weighted by Crippen LogP contribution is -2.27. The van der Waals surface area contributed by atoms with Crippen molar-refractivity contribution in [2.45, 2.75) is 11.9 Å². The molecule has 1 amide bonds. The van der Waals surface area contributed by atoms with Gasteiger partial charge in [0.05, 0.1) is 38.5 Å². The highest BCUT2D eigenvalue weighted by atomic mass is 35.5. The van der Waals surface area contributed by atoms with Crippen molar-refractivity contribution in [1.82, 2.24) is 10.3 Å². The Balaban J connectivity index is 2.18. The second kappa shape index (κ2) is 8.78. The van der Waals surface area contributed by atoms with Crippen LogP contribution in [0, 0.1) is 0 Å². The summed E-state index contributed by atoms with van der Waals surface area (Å²) >= 11 is 12.2. The number of methoxy groups -OCH3 is 3. The van der Waals surface area contributed by atoms with Crippen LogP contribution in [0.25, 0.3) is 0 Å². The van der Waals surface area contributed by atoms with Crippen LogP contribution in [0.1, 0.15) is 16.5 Å². The van der Waals surface area contributed by atoms with Crippen LogP contribution in [0.15, 0.2) is 30.6 Å². The van der Waals surface area contributed by atoms with Crippen molar-refractivity contribution in [2.24, 2.45) is 0 Å². The second-order valence-corrected chi connectivity index (χ2v) is 5.83. The van der Waals surface area contributed by atoms with Gasteiger partial charge in [0.15, 0.2) is 0 Å². The molecule has 25 heavy (non-hydrogen) atoms. The van der Waals surface area contributed by atoms with Gasteiger partial charge in [0.2, 0.25) is 5.91 Å². The van der Waals surface area contributed by atoms with E-state index in [1.165, 1.54) is 26.6 Å². The first-order valence-electron chi connectivity index (χ1n) is 7.31. The van der Waals surface area contributed by atoms with Crippen molar-refractivity contribution in [3.05, 3.63) is 46.7 Å². The monoisotopic (exact) mass is 384 g/mol. The molecule has 0 saturated carbocycles. The molecule has 2 rings (SSSR count). The number of carbonyl (C=O) groups is 1. The summed E-state index contributed by atoms with van der Waals surface area (Å²) in [6.07, 6.45) is 2.97. The van der Waals surface area contributed by atoms with Gasteiger partial charge >= 0.3 is 0 Å². The van der Waals surface area contributed by atoms with Crippen LogP contribution in [0.2, 0.25) is 5.02 Å². The van der Waals surface area contributed by atoms with Crippen LogP contribution < -0.4 is 19.5 Å². The van der Waals surface area contributed by atoms with E-state index in [9.17, 15) is 4.79 Å². The molecular weight excluding hydrogens is 367 g/mol. The molecule has 8 heteroatoms. The standard InChI is InChI=1S/C17H18Cl2N2O4/c1-23-10-6-14(24-2)12(15(7-10)25-3)8-21-17(22)16(19)11-4-5-20-9-13(11)18/h4-7,9,16H,8H2,1-3H3,(H,21,22). The summed E-state index contributed by atoms with van der Waals surface area (Å²) in [4.78, 5) is 16.2. The third-order valence-corrected chi connectivity index (χ3v) is 4.31. The van der Waals surface area contributed by atoms with Crippen LogP contribution in [0.3, 0.4) is 0 Å². The van der Waals surface area contributed by atoms with Gasteiger partial charge in [-0.25, -0.2) is 0 Å². The lowest BCUT2D eigenvalue weighted by molar-refractivity contribution is -0.121. The molecule has 0 aliphatic rings. The Morgan fingerprint density at radius 3 is 2.36 bits per heavy atom. The molecule has 6 nitrogen and oxygen atoms in total. The average Bonchev–Trinajstić information content (AvgIpc) is 2.65. The molecule has 1 unspecified atom stereocenters. The molecule has 1 aromatic heterocycles. The molecule has 0 aliphatic carbocycles. The highest BCUT2D eigenvalue weighted by Gasteiger charge is 2.21. The number of ether oxygens (including phenoxy) is 3. The first kappa shape index (κ1) is 19.1. The van der Waals surface area contributed by atoms with Crippen LogP contribution in [-0.4, -0.2) is 32.2 Å². The van der Waals surface area contributed by atoms with Gasteiger partial charge in [0.25, 0.3) is 0 Å². The first-order chi connectivity index (χ1) is 12.0. The predicted octanol–water partition coefficient (Wildman–Crippen LogP) is 3.36. The lowest BCUT2D eigenvalue weighted by atomic mass is 10.1. The third-order valence-electron chi connectivity index (χ3n) is 3.56. The zero-order valence-corrected chi connectivity index (χ0v) is 15.5. The maximum atomic E-state index is 12.4. The third kappa shape index (κ3) is 4.46. The Kier molecular flexibility index (Phi) is 6.73. The van der Waals surface area contributed by atoms with Gasteiger partial charge in [0.1, 0.15) is 22.6 Å². The average molecular weight is 385 g/mol. The molecule has 2 aromatic rings. The molecule has 0 spiro atoms. The maximum absolute atomic E-state index is 12.4. The minimum absolute atomic E-state index is 0.168. The molecule has 0 bridgehead atoms. The van der Waals surface area contributed by atoms with Crippen LogP contribution in [0.5, 0.6) is 17.2 Å². The summed E-state index contributed by atoms with van der Waals surface area (Å²) in [6, 6.07) is 5.03. The number of alkyl halides is 1. The molecule has 0 radical (unpaired) electrons. The fourth-order valence-corrected chi connectivity index (χ4v) is 2.80. The van der Waals surface area contributed by atoms with Gasteiger partial charge in [0, 0.05) is 30.1 Å². The number of hydrogen-bond acceptors (Lipinski definition) is 5. The van der Waals surface area contributed by atoms with Gasteiger partial charge in [-0.2, -0.15) is 0 Å². The number of hydrogen-bond donors (Lipinski definition) is 1. The topological polar surface area (TPSA) is 69.7 Å². The van der Waals surface area contributed by atoms with Crippen LogP contribution in [-0.2, 0) is 11.3 Å². The maximum Gasteiger partial charge on any atom is 0.242 e. The van der Waals surface area contributed by atoms with E-state index in [2.05, 4.69) is 10.3 Å². The Morgan fingerprint density at radius 1 is 1.20 bits per heavy atom. The SMILES string of the molecule is COc1cc(OC)c(CNC(=O)C(Cl)c2ccncc2Cl)c(OC)c1. The van der Waals surface area contributed by atoms with Crippen molar-refractivity contribution in [1.29, 1.82) is 0 Å².